The summed E-state index contributed by atoms with van der Waals surface area (Å²) in [6, 6.07) is 4.20. The van der Waals surface area contributed by atoms with Crippen molar-refractivity contribution in [2.24, 2.45) is 0 Å². The SMILES string of the molecule is CCC(C)NC(=O)COc1cc(F)ccc1Br. The maximum Gasteiger partial charge on any atom is 0.258 e. The maximum atomic E-state index is 12.9. The lowest BCUT2D eigenvalue weighted by molar-refractivity contribution is -0.123. The van der Waals surface area contributed by atoms with Crippen molar-refractivity contribution >= 4 is 21.8 Å². The van der Waals surface area contributed by atoms with E-state index >= 15 is 0 Å². The van der Waals surface area contributed by atoms with E-state index in [0.29, 0.717) is 10.2 Å². The Balaban J connectivity index is 2.50. The topological polar surface area (TPSA) is 38.3 Å². The van der Waals surface area contributed by atoms with Gasteiger partial charge in [-0.25, -0.2) is 4.39 Å². The predicted octanol–water partition coefficient (Wildman–Crippen LogP) is 2.88. The van der Waals surface area contributed by atoms with Crippen molar-refractivity contribution < 1.29 is 13.9 Å². The largest absolute Gasteiger partial charge is 0.482 e. The number of rotatable bonds is 5. The van der Waals surface area contributed by atoms with Crippen LogP contribution in [0.5, 0.6) is 5.75 Å². The van der Waals surface area contributed by atoms with Gasteiger partial charge in [-0.2, -0.15) is 0 Å². The Morgan fingerprint density at radius 2 is 2.29 bits per heavy atom. The van der Waals surface area contributed by atoms with Crippen molar-refractivity contribution in [2.45, 2.75) is 26.3 Å². The predicted molar refractivity (Wildman–Crippen MR) is 67.5 cm³/mol. The molecule has 0 bridgehead atoms. The maximum absolute atomic E-state index is 12.9. The number of hydrogen-bond donors (Lipinski definition) is 1. The third-order valence-corrected chi connectivity index (χ3v) is 2.93. The van der Waals surface area contributed by atoms with Crippen LogP contribution in [-0.4, -0.2) is 18.6 Å². The average Bonchev–Trinajstić information content (AvgIpc) is 2.30. The summed E-state index contributed by atoms with van der Waals surface area (Å²) in [6.07, 6.45) is 0.857. The molecule has 17 heavy (non-hydrogen) atoms. The van der Waals surface area contributed by atoms with E-state index in [-0.39, 0.29) is 18.6 Å². The van der Waals surface area contributed by atoms with Crippen molar-refractivity contribution in [3.8, 4) is 5.75 Å². The van der Waals surface area contributed by atoms with Crippen LogP contribution in [-0.2, 0) is 4.79 Å². The molecule has 0 aliphatic carbocycles. The van der Waals surface area contributed by atoms with Gasteiger partial charge in [0.05, 0.1) is 4.47 Å². The van der Waals surface area contributed by atoms with Gasteiger partial charge in [-0.05, 0) is 41.4 Å². The first kappa shape index (κ1) is 14.0. The molecule has 1 aromatic rings. The minimum atomic E-state index is -0.398. The zero-order chi connectivity index (χ0) is 12.8. The Hall–Kier alpha value is -1.10. The molecule has 0 heterocycles. The molecule has 94 valence electrons. The first-order valence-corrected chi connectivity index (χ1v) is 6.19. The summed E-state index contributed by atoms with van der Waals surface area (Å²) in [5.74, 6) is -0.287. The van der Waals surface area contributed by atoms with Gasteiger partial charge in [-0.3, -0.25) is 4.79 Å². The summed E-state index contributed by atoms with van der Waals surface area (Å²) in [5, 5.41) is 2.76. The van der Waals surface area contributed by atoms with Crippen molar-refractivity contribution in [1.29, 1.82) is 0 Å². The molecule has 1 amide bonds. The van der Waals surface area contributed by atoms with Gasteiger partial charge in [0.15, 0.2) is 6.61 Å². The number of hydrogen-bond acceptors (Lipinski definition) is 2. The minimum Gasteiger partial charge on any atom is -0.482 e. The number of benzene rings is 1. The number of halogens is 2. The highest BCUT2D eigenvalue weighted by molar-refractivity contribution is 9.10. The molecule has 0 aliphatic rings. The highest BCUT2D eigenvalue weighted by Crippen LogP contribution is 2.25. The normalized spacial score (nSPS) is 12.0. The van der Waals surface area contributed by atoms with Gasteiger partial charge in [0.2, 0.25) is 0 Å². The highest BCUT2D eigenvalue weighted by atomic mass is 79.9. The second-order valence-electron chi connectivity index (χ2n) is 3.74. The van der Waals surface area contributed by atoms with Crippen LogP contribution < -0.4 is 10.1 Å². The number of nitrogens with one attached hydrogen (secondary N) is 1. The molecule has 1 unspecified atom stereocenters. The molecule has 1 N–H and O–H groups in total. The summed E-state index contributed by atoms with van der Waals surface area (Å²) < 4.78 is 18.8. The average molecular weight is 304 g/mol. The molecule has 0 fully saturated rings. The Morgan fingerprint density at radius 1 is 1.59 bits per heavy atom. The van der Waals surface area contributed by atoms with Crippen LogP contribution in [0.1, 0.15) is 20.3 Å². The summed E-state index contributed by atoms with van der Waals surface area (Å²) >= 11 is 3.22. The van der Waals surface area contributed by atoms with Gasteiger partial charge in [-0.1, -0.05) is 6.92 Å². The fourth-order valence-corrected chi connectivity index (χ4v) is 1.51. The number of carbonyl (C=O) groups is 1. The fourth-order valence-electron chi connectivity index (χ4n) is 1.15. The Labute approximate surface area is 108 Å². The van der Waals surface area contributed by atoms with Crippen LogP contribution in [0.15, 0.2) is 22.7 Å². The van der Waals surface area contributed by atoms with E-state index in [1.54, 1.807) is 0 Å². The van der Waals surface area contributed by atoms with Gasteiger partial charge >= 0.3 is 0 Å². The quantitative estimate of drug-likeness (QED) is 0.908. The van der Waals surface area contributed by atoms with Crippen molar-refractivity contribution in [3.63, 3.8) is 0 Å². The summed E-state index contributed by atoms with van der Waals surface area (Å²) in [6.45, 7) is 3.78. The molecule has 0 saturated heterocycles. The van der Waals surface area contributed by atoms with E-state index in [2.05, 4.69) is 21.2 Å². The van der Waals surface area contributed by atoms with Gasteiger partial charge in [0, 0.05) is 12.1 Å². The Bertz CT molecular complexity index is 398. The van der Waals surface area contributed by atoms with E-state index in [4.69, 9.17) is 4.74 Å². The standard InChI is InChI=1S/C12H15BrFNO2/c1-3-8(2)15-12(16)7-17-11-6-9(14)4-5-10(11)13/h4-6,8H,3,7H2,1-2H3,(H,15,16). The van der Waals surface area contributed by atoms with Crippen LogP contribution in [0.25, 0.3) is 0 Å². The van der Waals surface area contributed by atoms with Crippen molar-refractivity contribution in [3.05, 3.63) is 28.5 Å². The lowest BCUT2D eigenvalue weighted by Crippen LogP contribution is -2.35. The molecular formula is C12H15BrFNO2. The van der Waals surface area contributed by atoms with E-state index in [1.165, 1.54) is 18.2 Å². The molecule has 1 rings (SSSR count). The van der Waals surface area contributed by atoms with E-state index in [0.717, 1.165) is 6.42 Å². The number of carbonyl (C=O) groups excluding carboxylic acids is 1. The summed E-state index contributed by atoms with van der Waals surface area (Å²) in [7, 11) is 0. The van der Waals surface area contributed by atoms with E-state index < -0.39 is 5.82 Å². The smallest absolute Gasteiger partial charge is 0.258 e. The molecule has 1 atom stereocenters. The Kier molecular flexibility index (Phi) is 5.41. The lowest BCUT2D eigenvalue weighted by Gasteiger charge is -2.12. The molecule has 0 spiro atoms. The summed E-state index contributed by atoms with van der Waals surface area (Å²) in [4.78, 5) is 11.4. The molecule has 0 radical (unpaired) electrons. The van der Waals surface area contributed by atoms with E-state index in [1.807, 2.05) is 13.8 Å². The minimum absolute atomic E-state index is 0.113. The van der Waals surface area contributed by atoms with Crippen LogP contribution in [0, 0.1) is 5.82 Å². The fraction of sp³-hybridized carbons (Fsp3) is 0.417. The third-order valence-electron chi connectivity index (χ3n) is 2.27. The molecule has 1 aromatic carbocycles. The van der Waals surface area contributed by atoms with Crippen LogP contribution >= 0.6 is 15.9 Å². The first-order valence-electron chi connectivity index (χ1n) is 5.40. The number of ether oxygens (including phenoxy) is 1. The van der Waals surface area contributed by atoms with Crippen molar-refractivity contribution in [1.82, 2.24) is 5.32 Å². The second-order valence-corrected chi connectivity index (χ2v) is 4.59. The first-order chi connectivity index (χ1) is 8.02. The molecule has 0 saturated carbocycles. The molecular weight excluding hydrogens is 289 g/mol. The van der Waals surface area contributed by atoms with Gasteiger partial charge in [-0.15, -0.1) is 0 Å². The molecule has 3 nitrogen and oxygen atoms in total. The highest BCUT2D eigenvalue weighted by Gasteiger charge is 2.08. The van der Waals surface area contributed by atoms with Gasteiger partial charge in [0.25, 0.3) is 5.91 Å². The third kappa shape index (κ3) is 4.73. The van der Waals surface area contributed by atoms with Gasteiger partial charge < -0.3 is 10.1 Å². The van der Waals surface area contributed by atoms with Gasteiger partial charge in [0.1, 0.15) is 11.6 Å². The summed E-state index contributed by atoms with van der Waals surface area (Å²) in [5.41, 5.74) is 0. The zero-order valence-electron chi connectivity index (χ0n) is 9.80. The lowest BCUT2D eigenvalue weighted by atomic mass is 10.2. The monoisotopic (exact) mass is 303 g/mol. The molecule has 0 aliphatic heterocycles. The van der Waals surface area contributed by atoms with Crippen LogP contribution in [0.2, 0.25) is 0 Å². The number of amides is 1. The zero-order valence-corrected chi connectivity index (χ0v) is 11.4. The Morgan fingerprint density at radius 3 is 2.94 bits per heavy atom. The van der Waals surface area contributed by atoms with Crippen LogP contribution in [0.3, 0.4) is 0 Å². The van der Waals surface area contributed by atoms with Crippen LogP contribution in [0.4, 0.5) is 4.39 Å². The molecule has 5 heteroatoms. The second kappa shape index (κ2) is 6.59. The molecule has 0 aromatic heterocycles. The van der Waals surface area contributed by atoms with E-state index in [9.17, 15) is 9.18 Å². The van der Waals surface area contributed by atoms with Crippen molar-refractivity contribution in [2.75, 3.05) is 6.61 Å².